The number of amides is 1. The van der Waals surface area contributed by atoms with E-state index in [0.717, 1.165) is 17.7 Å². The number of anilines is 2. The predicted octanol–water partition coefficient (Wildman–Crippen LogP) is 4.17. The molecule has 2 N–H and O–H groups in total. The summed E-state index contributed by atoms with van der Waals surface area (Å²) in [7, 11) is 0. The lowest BCUT2D eigenvalue weighted by molar-refractivity contribution is 0.0951. The summed E-state index contributed by atoms with van der Waals surface area (Å²) in [5.41, 5.74) is 0.658. The number of nitrogens with one attached hydrogen (secondary N) is 2. The van der Waals surface area contributed by atoms with Gasteiger partial charge in [-0.2, -0.15) is 0 Å². The quantitative estimate of drug-likeness (QED) is 0.721. The van der Waals surface area contributed by atoms with E-state index in [2.05, 4.69) is 15.6 Å². The lowest BCUT2D eigenvalue weighted by Crippen LogP contribution is -2.22. The summed E-state index contributed by atoms with van der Waals surface area (Å²) in [5.74, 6) is -2.15. The van der Waals surface area contributed by atoms with Crippen molar-refractivity contribution >= 4 is 17.4 Å². The normalized spacial score (nSPS) is 10.4. The molecule has 3 rings (SSSR count). The van der Waals surface area contributed by atoms with E-state index in [1.54, 1.807) is 12.1 Å². The molecule has 0 spiro atoms. The average molecular weight is 357 g/mol. The summed E-state index contributed by atoms with van der Waals surface area (Å²) in [6.45, 7) is 0.214. The Morgan fingerprint density at radius 1 is 0.962 bits per heavy atom. The molecule has 26 heavy (non-hydrogen) atoms. The zero-order valence-electron chi connectivity index (χ0n) is 13.5. The van der Waals surface area contributed by atoms with Crippen LogP contribution in [0.5, 0.6) is 0 Å². The van der Waals surface area contributed by atoms with Crippen LogP contribution in [0.25, 0.3) is 0 Å². The second kappa shape index (κ2) is 7.69. The number of carbonyl (C=O) groups is 1. The summed E-state index contributed by atoms with van der Waals surface area (Å²) in [6, 6.07) is 12.1. The van der Waals surface area contributed by atoms with Crippen LogP contribution >= 0.6 is 0 Å². The van der Waals surface area contributed by atoms with Gasteiger partial charge in [-0.15, -0.1) is 0 Å². The number of carbonyl (C=O) groups excluding carboxylic acids is 1. The lowest BCUT2D eigenvalue weighted by Gasteiger charge is -2.10. The zero-order valence-corrected chi connectivity index (χ0v) is 13.5. The average Bonchev–Trinajstić information content (AvgIpc) is 2.64. The summed E-state index contributed by atoms with van der Waals surface area (Å²) < 4.78 is 40.3. The molecule has 1 amide bonds. The summed E-state index contributed by atoms with van der Waals surface area (Å²) in [6.07, 6.45) is 1.36. The Morgan fingerprint density at radius 2 is 1.65 bits per heavy atom. The van der Waals surface area contributed by atoms with Crippen LogP contribution in [0.1, 0.15) is 15.9 Å². The molecule has 0 atom stereocenters. The van der Waals surface area contributed by atoms with Gasteiger partial charge in [0.2, 0.25) is 0 Å². The monoisotopic (exact) mass is 357 g/mol. The number of pyridine rings is 1. The van der Waals surface area contributed by atoms with Crippen molar-refractivity contribution < 1.29 is 18.0 Å². The largest absolute Gasteiger partial charge is 0.348 e. The molecule has 3 aromatic rings. The Labute approximate surface area is 147 Å². The van der Waals surface area contributed by atoms with Crippen LogP contribution in [0.3, 0.4) is 0 Å². The third-order valence-electron chi connectivity index (χ3n) is 3.60. The molecule has 0 saturated carbocycles. The van der Waals surface area contributed by atoms with Crippen LogP contribution < -0.4 is 10.6 Å². The molecule has 1 aromatic heterocycles. The van der Waals surface area contributed by atoms with Crippen LogP contribution in [-0.2, 0) is 6.54 Å². The van der Waals surface area contributed by atoms with Crippen molar-refractivity contribution in [2.75, 3.05) is 5.32 Å². The van der Waals surface area contributed by atoms with E-state index < -0.39 is 17.5 Å². The number of rotatable bonds is 5. The van der Waals surface area contributed by atoms with Gasteiger partial charge in [0.05, 0.1) is 0 Å². The fourth-order valence-electron chi connectivity index (χ4n) is 2.27. The van der Waals surface area contributed by atoms with E-state index in [9.17, 15) is 18.0 Å². The maximum atomic E-state index is 13.7. The van der Waals surface area contributed by atoms with Gasteiger partial charge < -0.3 is 10.6 Å². The van der Waals surface area contributed by atoms with Gasteiger partial charge >= 0.3 is 0 Å². The molecule has 132 valence electrons. The molecule has 1 heterocycles. The molecular formula is C19H14F3N3O. The predicted molar refractivity (Wildman–Crippen MR) is 91.4 cm³/mol. The van der Waals surface area contributed by atoms with Crippen LogP contribution in [0, 0.1) is 17.5 Å². The van der Waals surface area contributed by atoms with Crippen molar-refractivity contribution in [3.8, 4) is 0 Å². The molecule has 4 nitrogen and oxygen atoms in total. The second-order valence-corrected chi connectivity index (χ2v) is 5.46. The molecule has 0 aliphatic heterocycles. The Morgan fingerprint density at radius 3 is 2.35 bits per heavy atom. The molecule has 0 radical (unpaired) electrons. The Hall–Kier alpha value is -3.35. The highest BCUT2D eigenvalue weighted by Crippen LogP contribution is 2.22. The first kappa shape index (κ1) is 17.5. The van der Waals surface area contributed by atoms with Crippen LogP contribution in [0.4, 0.5) is 24.7 Å². The topological polar surface area (TPSA) is 54.0 Å². The molecule has 2 aromatic carbocycles. The fourth-order valence-corrected chi connectivity index (χ4v) is 2.27. The van der Waals surface area contributed by atoms with Gasteiger partial charge in [0.1, 0.15) is 29.0 Å². The van der Waals surface area contributed by atoms with Gasteiger partial charge in [-0.05, 0) is 42.0 Å². The van der Waals surface area contributed by atoms with Crippen molar-refractivity contribution in [1.29, 1.82) is 0 Å². The molecule has 0 aliphatic carbocycles. The van der Waals surface area contributed by atoms with Gasteiger partial charge in [0, 0.05) is 18.3 Å². The molecular weight excluding hydrogens is 343 g/mol. The van der Waals surface area contributed by atoms with Gasteiger partial charge in [0.25, 0.3) is 5.91 Å². The molecule has 0 fully saturated rings. The maximum Gasteiger partial charge on any atom is 0.251 e. The number of hydrogen-bond donors (Lipinski definition) is 2. The molecule has 0 aliphatic rings. The minimum absolute atomic E-state index is 0.128. The Balaban J connectivity index is 1.70. The number of para-hydroxylation sites is 1. The van der Waals surface area contributed by atoms with Crippen LogP contribution in [0.15, 0.2) is 60.8 Å². The van der Waals surface area contributed by atoms with E-state index in [4.69, 9.17) is 0 Å². The smallest absolute Gasteiger partial charge is 0.251 e. The number of nitrogens with zero attached hydrogens (tertiary/aromatic N) is 1. The third-order valence-corrected chi connectivity index (χ3v) is 3.60. The van der Waals surface area contributed by atoms with E-state index >= 15 is 0 Å². The number of aromatic nitrogens is 1. The Kier molecular flexibility index (Phi) is 5.17. The van der Waals surface area contributed by atoms with Crippen LogP contribution in [0.2, 0.25) is 0 Å². The minimum Gasteiger partial charge on any atom is -0.348 e. The van der Waals surface area contributed by atoms with Crippen molar-refractivity contribution in [2.45, 2.75) is 6.54 Å². The van der Waals surface area contributed by atoms with E-state index in [1.807, 2.05) is 0 Å². The first-order chi connectivity index (χ1) is 12.5. The fraction of sp³-hybridized carbons (Fsp3) is 0.0526. The van der Waals surface area contributed by atoms with Crippen molar-refractivity contribution in [2.24, 2.45) is 0 Å². The third kappa shape index (κ3) is 4.18. The summed E-state index contributed by atoms with van der Waals surface area (Å²) in [5, 5.41) is 5.22. The first-order valence-corrected chi connectivity index (χ1v) is 7.72. The Bertz CT molecular complexity index is 909. The molecule has 0 unspecified atom stereocenters. The van der Waals surface area contributed by atoms with Gasteiger partial charge in [0.15, 0.2) is 0 Å². The highest BCUT2D eigenvalue weighted by molar-refractivity contribution is 5.94. The van der Waals surface area contributed by atoms with E-state index in [-0.39, 0.29) is 29.4 Å². The van der Waals surface area contributed by atoms with Gasteiger partial charge in [-0.3, -0.25) is 4.79 Å². The highest BCUT2D eigenvalue weighted by Gasteiger charge is 2.11. The van der Waals surface area contributed by atoms with Crippen LogP contribution in [-0.4, -0.2) is 10.9 Å². The second-order valence-electron chi connectivity index (χ2n) is 5.46. The highest BCUT2D eigenvalue weighted by atomic mass is 19.1. The first-order valence-electron chi connectivity index (χ1n) is 7.72. The van der Waals surface area contributed by atoms with Crippen molar-refractivity contribution in [3.05, 3.63) is 89.4 Å². The van der Waals surface area contributed by atoms with Crippen molar-refractivity contribution in [1.82, 2.24) is 10.3 Å². The summed E-state index contributed by atoms with van der Waals surface area (Å²) >= 11 is 0. The number of benzene rings is 2. The SMILES string of the molecule is O=C(NCc1ccc(F)cc1)c1ccnc(Nc2c(F)cccc2F)c1. The zero-order chi connectivity index (χ0) is 18.5. The summed E-state index contributed by atoms with van der Waals surface area (Å²) in [4.78, 5) is 16.2. The van der Waals surface area contributed by atoms with E-state index in [1.165, 1.54) is 36.5 Å². The number of halogens is 3. The lowest BCUT2D eigenvalue weighted by atomic mass is 10.2. The molecule has 0 saturated heterocycles. The molecule has 7 heteroatoms. The molecule has 0 bridgehead atoms. The van der Waals surface area contributed by atoms with Crippen molar-refractivity contribution in [3.63, 3.8) is 0 Å². The van der Waals surface area contributed by atoms with Gasteiger partial charge in [-0.25, -0.2) is 18.2 Å². The minimum atomic E-state index is -0.766. The number of hydrogen-bond acceptors (Lipinski definition) is 3. The maximum absolute atomic E-state index is 13.7. The van der Waals surface area contributed by atoms with Gasteiger partial charge in [-0.1, -0.05) is 18.2 Å². The van der Waals surface area contributed by atoms with E-state index in [0.29, 0.717) is 0 Å². The standard InChI is InChI=1S/C19H14F3N3O/c20-14-6-4-12(5-7-14)11-24-19(26)13-8-9-23-17(10-13)25-18-15(21)2-1-3-16(18)22/h1-10H,11H2,(H,23,25)(H,24,26).